The van der Waals surface area contributed by atoms with Crippen LogP contribution in [0.5, 0.6) is 0 Å². The van der Waals surface area contributed by atoms with E-state index in [-0.39, 0.29) is 5.91 Å². The minimum Gasteiger partial charge on any atom is -0.325 e. The van der Waals surface area contributed by atoms with Crippen molar-refractivity contribution in [2.24, 2.45) is 0 Å². The molecule has 0 aliphatic heterocycles. The summed E-state index contributed by atoms with van der Waals surface area (Å²) in [6, 6.07) is 13.5. The molecule has 1 heterocycles. The molecule has 19 heavy (non-hydrogen) atoms. The molecule has 0 saturated heterocycles. The van der Waals surface area contributed by atoms with Gasteiger partial charge in [-0.15, -0.1) is 0 Å². The number of nitrogens with zero attached hydrogens (tertiary/aromatic N) is 2. The summed E-state index contributed by atoms with van der Waals surface area (Å²) in [6.07, 6.45) is 1.77. The molecular weight excluding hydrogens is 238 g/mol. The van der Waals surface area contributed by atoms with Crippen molar-refractivity contribution in [3.8, 4) is 11.3 Å². The van der Waals surface area contributed by atoms with E-state index in [1.807, 2.05) is 61.5 Å². The fraction of sp³-hybridized carbons (Fsp3) is 0.200. The van der Waals surface area contributed by atoms with Crippen molar-refractivity contribution in [3.63, 3.8) is 0 Å². The Morgan fingerprint density at radius 2 is 1.89 bits per heavy atom. The van der Waals surface area contributed by atoms with Gasteiger partial charge in [0.2, 0.25) is 5.91 Å². The van der Waals surface area contributed by atoms with Crippen LogP contribution in [0.2, 0.25) is 0 Å². The number of anilines is 1. The van der Waals surface area contributed by atoms with E-state index in [1.54, 1.807) is 6.20 Å². The quantitative estimate of drug-likeness (QED) is 0.911. The number of nitrogens with one attached hydrogen (secondary N) is 1. The molecular formula is C15H17N3O. The number of benzene rings is 1. The monoisotopic (exact) mass is 255 g/mol. The molecule has 1 amide bonds. The average Bonchev–Trinajstić information content (AvgIpc) is 2.39. The van der Waals surface area contributed by atoms with Crippen LogP contribution in [-0.4, -0.2) is 36.4 Å². The van der Waals surface area contributed by atoms with Crippen LogP contribution in [-0.2, 0) is 4.79 Å². The third-order valence-electron chi connectivity index (χ3n) is 2.59. The molecule has 2 rings (SSSR count). The highest BCUT2D eigenvalue weighted by Gasteiger charge is 2.04. The lowest BCUT2D eigenvalue weighted by Crippen LogP contribution is -2.27. The Morgan fingerprint density at radius 3 is 2.47 bits per heavy atom. The summed E-state index contributed by atoms with van der Waals surface area (Å²) in [5, 5.41) is 2.85. The molecule has 0 unspecified atom stereocenters. The van der Waals surface area contributed by atoms with Crippen LogP contribution in [0.4, 0.5) is 5.69 Å². The Balaban J connectivity index is 2.05. The molecule has 98 valence electrons. The van der Waals surface area contributed by atoms with Crippen LogP contribution in [0.25, 0.3) is 11.3 Å². The maximum absolute atomic E-state index is 11.6. The Labute approximate surface area is 113 Å². The third-order valence-corrected chi connectivity index (χ3v) is 2.59. The second kappa shape index (κ2) is 6.11. The van der Waals surface area contributed by atoms with Gasteiger partial charge in [-0.3, -0.25) is 9.78 Å². The second-order valence-corrected chi connectivity index (χ2v) is 4.58. The van der Waals surface area contributed by atoms with Crippen molar-refractivity contribution in [2.75, 3.05) is 26.0 Å². The minimum atomic E-state index is -0.0180. The summed E-state index contributed by atoms with van der Waals surface area (Å²) in [5.41, 5.74) is 2.76. The largest absolute Gasteiger partial charge is 0.325 e. The number of hydrogen-bond donors (Lipinski definition) is 1. The zero-order valence-corrected chi connectivity index (χ0v) is 11.1. The lowest BCUT2D eigenvalue weighted by molar-refractivity contribution is -0.116. The molecule has 1 aromatic carbocycles. The van der Waals surface area contributed by atoms with E-state index in [1.165, 1.54) is 0 Å². The maximum Gasteiger partial charge on any atom is 0.238 e. The van der Waals surface area contributed by atoms with E-state index in [9.17, 15) is 4.79 Å². The summed E-state index contributed by atoms with van der Waals surface area (Å²) in [5.74, 6) is -0.0180. The van der Waals surface area contributed by atoms with E-state index >= 15 is 0 Å². The topological polar surface area (TPSA) is 45.2 Å². The summed E-state index contributed by atoms with van der Waals surface area (Å²) in [7, 11) is 3.73. The van der Waals surface area contributed by atoms with Crippen molar-refractivity contribution in [3.05, 3.63) is 48.7 Å². The zero-order chi connectivity index (χ0) is 13.7. The molecule has 0 spiro atoms. The van der Waals surface area contributed by atoms with Crippen molar-refractivity contribution in [2.45, 2.75) is 0 Å². The number of rotatable bonds is 4. The van der Waals surface area contributed by atoms with Crippen LogP contribution in [0.3, 0.4) is 0 Å². The normalized spacial score (nSPS) is 10.5. The Morgan fingerprint density at radius 1 is 1.16 bits per heavy atom. The van der Waals surface area contributed by atoms with E-state index in [4.69, 9.17) is 0 Å². The minimum absolute atomic E-state index is 0.0180. The lowest BCUT2D eigenvalue weighted by atomic mass is 10.1. The van der Waals surface area contributed by atoms with Crippen molar-refractivity contribution in [1.29, 1.82) is 0 Å². The fourth-order valence-electron chi connectivity index (χ4n) is 1.75. The highest BCUT2D eigenvalue weighted by molar-refractivity contribution is 5.92. The van der Waals surface area contributed by atoms with Crippen molar-refractivity contribution >= 4 is 11.6 Å². The van der Waals surface area contributed by atoms with Gasteiger partial charge in [0.25, 0.3) is 0 Å². The van der Waals surface area contributed by atoms with Gasteiger partial charge in [-0.05, 0) is 38.4 Å². The molecule has 0 atom stereocenters. The highest BCUT2D eigenvalue weighted by Crippen LogP contribution is 2.18. The number of aromatic nitrogens is 1. The van der Waals surface area contributed by atoms with Gasteiger partial charge in [0, 0.05) is 17.4 Å². The maximum atomic E-state index is 11.6. The fourth-order valence-corrected chi connectivity index (χ4v) is 1.75. The van der Waals surface area contributed by atoms with Gasteiger partial charge in [0.1, 0.15) is 0 Å². The second-order valence-electron chi connectivity index (χ2n) is 4.58. The van der Waals surface area contributed by atoms with E-state index < -0.39 is 0 Å². The van der Waals surface area contributed by atoms with Crippen LogP contribution >= 0.6 is 0 Å². The molecule has 4 nitrogen and oxygen atoms in total. The summed E-state index contributed by atoms with van der Waals surface area (Å²) < 4.78 is 0. The van der Waals surface area contributed by atoms with Crippen molar-refractivity contribution < 1.29 is 4.79 Å². The average molecular weight is 255 g/mol. The zero-order valence-electron chi connectivity index (χ0n) is 11.1. The van der Waals surface area contributed by atoms with Crippen LogP contribution in [0.1, 0.15) is 0 Å². The predicted molar refractivity (Wildman–Crippen MR) is 76.9 cm³/mol. The molecule has 0 bridgehead atoms. The molecule has 1 N–H and O–H groups in total. The Bertz CT molecular complexity index is 535. The van der Waals surface area contributed by atoms with Crippen LogP contribution in [0.15, 0.2) is 48.7 Å². The van der Waals surface area contributed by atoms with Gasteiger partial charge >= 0.3 is 0 Å². The SMILES string of the molecule is CN(C)CC(=O)Nc1ccc(-c2ccccn2)cc1. The third kappa shape index (κ3) is 3.89. The molecule has 4 heteroatoms. The smallest absolute Gasteiger partial charge is 0.238 e. The molecule has 1 aromatic heterocycles. The standard InChI is InChI=1S/C15H17N3O/c1-18(2)11-15(19)17-13-8-6-12(7-9-13)14-5-3-4-10-16-14/h3-10H,11H2,1-2H3,(H,17,19). The van der Waals surface area contributed by atoms with Gasteiger partial charge in [0.15, 0.2) is 0 Å². The first-order chi connectivity index (χ1) is 9.15. The van der Waals surface area contributed by atoms with E-state index in [2.05, 4.69) is 10.3 Å². The number of hydrogen-bond acceptors (Lipinski definition) is 3. The Hall–Kier alpha value is -2.20. The summed E-state index contributed by atoms with van der Waals surface area (Å²) in [6.45, 7) is 0.377. The van der Waals surface area contributed by atoms with Gasteiger partial charge in [-0.1, -0.05) is 18.2 Å². The summed E-state index contributed by atoms with van der Waals surface area (Å²) in [4.78, 5) is 17.7. The van der Waals surface area contributed by atoms with E-state index in [0.29, 0.717) is 6.54 Å². The van der Waals surface area contributed by atoms with Crippen molar-refractivity contribution in [1.82, 2.24) is 9.88 Å². The highest BCUT2D eigenvalue weighted by atomic mass is 16.2. The van der Waals surface area contributed by atoms with Gasteiger partial charge < -0.3 is 10.2 Å². The number of carbonyl (C=O) groups excluding carboxylic acids is 1. The van der Waals surface area contributed by atoms with E-state index in [0.717, 1.165) is 16.9 Å². The Kier molecular flexibility index (Phi) is 4.26. The first-order valence-corrected chi connectivity index (χ1v) is 6.11. The van der Waals surface area contributed by atoms with Gasteiger partial charge in [-0.25, -0.2) is 0 Å². The first-order valence-electron chi connectivity index (χ1n) is 6.11. The molecule has 0 aliphatic rings. The predicted octanol–water partition coefficient (Wildman–Crippen LogP) is 2.25. The molecule has 0 saturated carbocycles. The lowest BCUT2D eigenvalue weighted by Gasteiger charge is -2.10. The first kappa shape index (κ1) is 13.2. The molecule has 0 radical (unpaired) electrons. The number of likely N-dealkylation sites (N-methyl/N-ethyl adjacent to an activating group) is 1. The molecule has 0 aliphatic carbocycles. The summed E-state index contributed by atoms with van der Waals surface area (Å²) >= 11 is 0. The number of amides is 1. The van der Waals surface area contributed by atoms with Gasteiger partial charge in [-0.2, -0.15) is 0 Å². The number of carbonyl (C=O) groups is 1. The van der Waals surface area contributed by atoms with Crippen LogP contribution in [0, 0.1) is 0 Å². The molecule has 0 fully saturated rings. The van der Waals surface area contributed by atoms with Crippen LogP contribution < -0.4 is 5.32 Å². The van der Waals surface area contributed by atoms with Gasteiger partial charge in [0.05, 0.1) is 12.2 Å². The molecule has 2 aromatic rings. The number of pyridine rings is 1.